The summed E-state index contributed by atoms with van der Waals surface area (Å²) in [6, 6.07) is 12.1. The zero-order chi connectivity index (χ0) is 11.2. The summed E-state index contributed by atoms with van der Waals surface area (Å²) >= 11 is 3.29. The molecule has 0 bridgehead atoms. The lowest BCUT2D eigenvalue weighted by Crippen LogP contribution is -1.77. The number of carbonyl (C=O) groups excluding carboxylic acids is 1. The van der Waals surface area contributed by atoms with Crippen molar-refractivity contribution in [2.75, 3.05) is 0 Å². The molecule has 0 N–H and O–H groups in total. The molecule has 0 aliphatic rings. The summed E-state index contributed by atoms with van der Waals surface area (Å²) < 4.78 is 1.06. The van der Waals surface area contributed by atoms with E-state index < -0.39 is 0 Å². The van der Waals surface area contributed by atoms with Gasteiger partial charge in [0, 0.05) is 5.75 Å². The van der Waals surface area contributed by atoms with Gasteiger partial charge < -0.3 is 0 Å². The summed E-state index contributed by atoms with van der Waals surface area (Å²) in [7, 11) is 0. The van der Waals surface area contributed by atoms with Crippen molar-refractivity contribution in [3.63, 3.8) is 0 Å². The van der Waals surface area contributed by atoms with E-state index in [0.717, 1.165) is 15.6 Å². The highest BCUT2D eigenvalue weighted by Gasteiger charge is 2.04. The van der Waals surface area contributed by atoms with E-state index in [4.69, 9.17) is 0 Å². The largest absolute Gasteiger partial charge is 0.240 e. The maximum Gasteiger partial charge on any atom is 0.240 e. The van der Waals surface area contributed by atoms with Crippen molar-refractivity contribution in [3.8, 4) is 0 Å². The predicted molar refractivity (Wildman–Crippen MR) is 68.1 cm³/mol. The maximum atomic E-state index is 10.2. The molecular weight excluding hydrogens is 238 g/mol. The Morgan fingerprint density at radius 3 is 2.81 bits per heavy atom. The predicted octanol–water partition coefficient (Wildman–Crippen LogP) is 4.01. The normalized spacial score (nSPS) is 9.75. The van der Waals surface area contributed by atoms with Gasteiger partial charge in [0.15, 0.2) is 0 Å². The Kier molecular flexibility index (Phi) is 3.94. The minimum Gasteiger partial charge on any atom is -0.211 e. The van der Waals surface area contributed by atoms with Crippen LogP contribution in [0.2, 0.25) is 0 Å². The van der Waals surface area contributed by atoms with E-state index in [1.165, 1.54) is 5.56 Å². The number of thioether (sulfide) groups is 1. The van der Waals surface area contributed by atoms with E-state index in [1.807, 2.05) is 29.6 Å². The van der Waals surface area contributed by atoms with E-state index in [9.17, 15) is 4.79 Å². The van der Waals surface area contributed by atoms with Crippen LogP contribution < -0.4 is 0 Å². The molecule has 2 aromatic rings. The molecule has 0 aliphatic heterocycles. The average molecular weight is 247 g/mol. The maximum absolute atomic E-state index is 10.2. The zero-order valence-electron chi connectivity index (χ0n) is 8.42. The first-order chi connectivity index (χ1) is 7.90. The molecule has 1 aromatic carbocycles. The number of aliphatic imine (C=N–C) groups is 1. The number of isocyanates is 1. The van der Waals surface area contributed by atoms with Crippen molar-refractivity contribution in [2.45, 2.75) is 9.96 Å². The molecule has 0 aliphatic carbocycles. The minimum absolute atomic E-state index is 0.723. The Bertz CT molecular complexity index is 501. The third kappa shape index (κ3) is 2.83. The van der Waals surface area contributed by atoms with Crippen LogP contribution in [0.1, 0.15) is 5.56 Å². The van der Waals surface area contributed by atoms with E-state index >= 15 is 0 Å². The molecule has 0 spiro atoms. The molecule has 1 heterocycles. The number of thiophene rings is 1. The van der Waals surface area contributed by atoms with Gasteiger partial charge in [-0.25, -0.2) is 4.79 Å². The Balaban J connectivity index is 2.05. The third-order valence-corrected chi connectivity index (χ3v) is 4.28. The van der Waals surface area contributed by atoms with Crippen LogP contribution in [0.5, 0.6) is 0 Å². The lowest BCUT2D eigenvalue weighted by atomic mass is 10.2. The molecule has 2 nitrogen and oxygen atoms in total. The second kappa shape index (κ2) is 5.66. The quantitative estimate of drug-likeness (QED) is 0.464. The van der Waals surface area contributed by atoms with Gasteiger partial charge in [-0.3, -0.25) is 0 Å². The second-order valence-corrected chi connectivity index (χ2v) is 5.23. The van der Waals surface area contributed by atoms with Gasteiger partial charge in [-0.1, -0.05) is 30.3 Å². The Morgan fingerprint density at radius 1 is 1.25 bits per heavy atom. The van der Waals surface area contributed by atoms with E-state index in [-0.39, 0.29) is 0 Å². The standard InChI is InChI=1S/C12H9NOS2/c14-9-13-11-6-7-15-12(11)16-8-10-4-2-1-3-5-10/h1-7H,8H2. The van der Waals surface area contributed by atoms with Gasteiger partial charge in [0.1, 0.15) is 5.69 Å². The van der Waals surface area contributed by atoms with Crippen molar-refractivity contribution in [3.05, 3.63) is 47.3 Å². The van der Waals surface area contributed by atoms with Gasteiger partial charge in [-0.15, -0.1) is 23.1 Å². The van der Waals surface area contributed by atoms with Crippen molar-refractivity contribution in [2.24, 2.45) is 4.99 Å². The Labute approximate surface area is 102 Å². The number of rotatable bonds is 4. The lowest BCUT2D eigenvalue weighted by Gasteiger charge is -1.99. The first-order valence-corrected chi connectivity index (χ1v) is 6.59. The molecular formula is C12H9NOS2. The summed E-state index contributed by atoms with van der Waals surface area (Å²) in [5, 5.41) is 1.93. The first-order valence-electron chi connectivity index (χ1n) is 4.72. The van der Waals surface area contributed by atoms with Crippen molar-refractivity contribution in [1.82, 2.24) is 0 Å². The molecule has 0 unspecified atom stereocenters. The van der Waals surface area contributed by atoms with Crippen LogP contribution in [-0.2, 0) is 10.5 Å². The van der Waals surface area contributed by atoms with Gasteiger partial charge in [-0.2, -0.15) is 4.99 Å². The smallest absolute Gasteiger partial charge is 0.211 e. The fraction of sp³-hybridized carbons (Fsp3) is 0.0833. The van der Waals surface area contributed by atoms with Gasteiger partial charge >= 0.3 is 0 Å². The Morgan fingerprint density at radius 2 is 2.06 bits per heavy atom. The monoisotopic (exact) mass is 247 g/mol. The van der Waals surface area contributed by atoms with Crippen LogP contribution in [0.15, 0.2) is 51.0 Å². The molecule has 0 saturated carbocycles. The van der Waals surface area contributed by atoms with E-state index in [0.29, 0.717) is 0 Å². The van der Waals surface area contributed by atoms with E-state index in [1.54, 1.807) is 29.2 Å². The van der Waals surface area contributed by atoms with Crippen molar-refractivity contribution in [1.29, 1.82) is 0 Å². The number of benzene rings is 1. The number of nitrogens with zero attached hydrogens (tertiary/aromatic N) is 1. The molecule has 0 fully saturated rings. The van der Waals surface area contributed by atoms with Gasteiger partial charge in [0.05, 0.1) is 4.21 Å². The van der Waals surface area contributed by atoms with Crippen molar-refractivity contribution < 1.29 is 4.79 Å². The summed E-state index contributed by atoms with van der Waals surface area (Å²) in [6.45, 7) is 0. The summed E-state index contributed by atoms with van der Waals surface area (Å²) in [4.78, 5) is 13.9. The third-order valence-electron chi connectivity index (χ3n) is 1.99. The van der Waals surface area contributed by atoms with Crippen LogP contribution >= 0.6 is 23.1 Å². The number of hydrogen-bond donors (Lipinski definition) is 0. The van der Waals surface area contributed by atoms with Crippen LogP contribution in [0.25, 0.3) is 0 Å². The summed E-state index contributed by atoms with van der Waals surface area (Å²) in [5.41, 5.74) is 1.99. The lowest BCUT2D eigenvalue weighted by molar-refractivity contribution is 0.565. The minimum atomic E-state index is 0.723. The molecule has 16 heavy (non-hydrogen) atoms. The van der Waals surface area contributed by atoms with Crippen molar-refractivity contribution >= 4 is 34.9 Å². The average Bonchev–Trinajstić information content (AvgIpc) is 2.76. The highest BCUT2D eigenvalue weighted by atomic mass is 32.2. The molecule has 2 rings (SSSR count). The molecule has 80 valence electrons. The second-order valence-electron chi connectivity index (χ2n) is 3.07. The van der Waals surface area contributed by atoms with Gasteiger partial charge in [-0.05, 0) is 17.0 Å². The number of hydrogen-bond acceptors (Lipinski definition) is 4. The van der Waals surface area contributed by atoms with Crippen LogP contribution in [0.4, 0.5) is 5.69 Å². The first kappa shape index (κ1) is 11.1. The molecule has 4 heteroatoms. The topological polar surface area (TPSA) is 29.4 Å². The van der Waals surface area contributed by atoms with Gasteiger partial charge in [0.2, 0.25) is 6.08 Å². The van der Waals surface area contributed by atoms with Crippen LogP contribution in [0.3, 0.4) is 0 Å². The van der Waals surface area contributed by atoms with Crippen LogP contribution in [-0.4, -0.2) is 6.08 Å². The molecule has 0 atom stereocenters. The molecule has 0 radical (unpaired) electrons. The fourth-order valence-electron chi connectivity index (χ4n) is 1.25. The SMILES string of the molecule is O=C=Nc1ccsc1SCc1ccccc1. The molecule has 1 aromatic heterocycles. The molecule has 0 amide bonds. The zero-order valence-corrected chi connectivity index (χ0v) is 10.1. The molecule has 0 saturated heterocycles. The van der Waals surface area contributed by atoms with Crippen LogP contribution in [0, 0.1) is 0 Å². The summed E-state index contributed by atoms with van der Waals surface area (Å²) in [6.07, 6.45) is 1.58. The Hall–Kier alpha value is -1.35. The summed E-state index contributed by atoms with van der Waals surface area (Å²) in [5.74, 6) is 0.892. The van der Waals surface area contributed by atoms with E-state index in [2.05, 4.69) is 17.1 Å². The highest BCUT2D eigenvalue weighted by molar-refractivity contribution is 8.00. The van der Waals surface area contributed by atoms with Gasteiger partial charge in [0.25, 0.3) is 0 Å². The highest BCUT2D eigenvalue weighted by Crippen LogP contribution is 2.36. The fourth-order valence-corrected chi connectivity index (χ4v) is 3.17.